The van der Waals surface area contributed by atoms with Crippen LogP contribution in [0.4, 0.5) is 0 Å². The van der Waals surface area contributed by atoms with Gasteiger partial charge in [-0.15, -0.1) is 0 Å². The zero-order valence-electron chi connectivity index (χ0n) is 7.07. The zero-order valence-corrected chi connectivity index (χ0v) is 7.07. The van der Waals surface area contributed by atoms with Crippen LogP contribution >= 0.6 is 0 Å². The minimum atomic E-state index is 1.21. The Balaban J connectivity index is 2.40. The predicted molar refractivity (Wildman–Crippen MR) is 51.1 cm³/mol. The third-order valence-electron chi connectivity index (χ3n) is 1.89. The maximum atomic E-state index is 2.12. The van der Waals surface area contributed by atoms with E-state index < -0.39 is 0 Å². The molecule has 0 aliphatic carbocycles. The maximum absolute atomic E-state index is 2.12. The molecule has 0 saturated heterocycles. The van der Waals surface area contributed by atoms with Crippen LogP contribution in [0, 0.1) is 0 Å². The summed E-state index contributed by atoms with van der Waals surface area (Å²) in [5.74, 6) is 0. The molecule has 2 rings (SSSR count). The monoisotopic (exact) mass is 157 g/mol. The molecule has 1 nitrogen and oxygen atoms in total. The molecule has 60 valence electrons. The van der Waals surface area contributed by atoms with Crippen LogP contribution in [0.2, 0.25) is 0 Å². The molecule has 0 aromatic heterocycles. The summed E-state index contributed by atoms with van der Waals surface area (Å²) in [6.07, 6.45) is 16.6. The molecule has 0 radical (unpaired) electrons. The molecule has 0 amide bonds. The fourth-order valence-electron chi connectivity index (χ4n) is 1.29. The Bertz CT molecular complexity index is 327. The highest BCUT2D eigenvalue weighted by Gasteiger charge is 2.04. The normalized spacial score (nSPS) is 19.9. The van der Waals surface area contributed by atoms with Crippen molar-refractivity contribution < 1.29 is 0 Å². The van der Waals surface area contributed by atoms with Crippen molar-refractivity contribution in [2.75, 3.05) is 0 Å². The smallest absolute Gasteiger partial charge is 0.0449 e. The first-order valence-electron chi connectivity index (χ1n) is 4.06. The van der Waals surface area contributed by atoms with Gasteiger partial charge in [-0.25, -0.2) is 0 Å². The Morgan fingerprint density at radius 1 is 1.08 bits per heavy atom. The molecule has 0 N–H and O–H groups in total. The summed E-state index contributed by atoms with van der Waals surface area (Å²) < 4.78 is 0. The van der Waals surface area contributed by atoms with E-state index >= 15 is 0 Å². The van der Waals surface area contributed by atoms with E-state index in [-0.39, 0.29) is 0 Å². The van der Waals surface area contributed by atoms with Gasteiger partial charge >= 0.3 is 0 Å². The van der Waals surface area contributed by atoms with Gasteiger partial charge in [0.05, 0.1) is 0 Å². The Kier molecular flexibility index (Phi) is 1.71. The van der Waals surface area contributed by atoms with Crippen LogP contribution in [0.15, 0.2) is 60.1 Å². The van der Waals surface area contributed by atoms with Crippen LogP contribution in [0.5, 0.6) is 0 Å². The van der Waals surface area contributed by atoms with Crippen molar-refractivity contribution in [2.24, 2.45) is 0 Å². The molecule has 0 atom stereocenters. The van der Waals surface area contributed by atoms with Gasteiger partial charge in [0.2, 0.25) is 0 Å². The second-order valence-electron chi connectivity index (χ2n) is 2.93. The van der Waals surface area contributed by atoms with E-state index in [4.69, 9.17) is 0 Å². The predicted octanol–water partition coefficient (Wildman–Crippen LogP) is 2.73. The van der Waals surface area contributed by atoms with Crippen molar-refractivity contribution in [3.05, 3.63) is 60.1 Å². The topological polar surface area (TPSA) is 3.24 Å². The maximum Gasteiger partial charge on any atom is 0.0449 e. The van der Waals surface area contributed by atoms with Gasteiger partial charge in [0.15, 0.2) is 0 Å². The van der Waals surface area contributed by atoms with Gasteiger partial charge in [-0.1, -0.05) is 18.2 Å². The van der Waals surface area contributed by atoms with Crippen molar-refractivity contribution >= 4 is 0 Å². The quantitative estimate of drug-likeness (QED) is 0.522. The molecule has 0 bridgehead atoms. The number of fused-ring (bicyclic) bond motifs is 1. The van der Waals surface area contributed by atoms with Crippen molar-refractivity contribution in [3.63, 3.8) is 0 Å². The lowest BCUT2D eigenvalue weighted by Gasteiger charge is -2.18. The number of hydrogen-bond donors (Lipinski definition) is 0. The summed E-state index contributed by atoms with van der Waals surface area (Å²) in [6, 6.07) is 0. The van der Waals surface area contributed by atoms with Crippen molar-refractivity contribution in [2.45, 2.75) is 6.92 Å². The Morgan fingerprint density at radius 2 is 2.00 bits per heavy atom. The SMILES string of the molecule is CC1=CN2C=CC=CC2=CC=C1. The number of rotatable bonds is 0. The highest BCUT2D eigenvalue weighted by atomic mass is 15.1. The fraction of sp³-hybridized carbons (Fsp3) is 0.0909. The highest BCUT2D eigenvalue weighted by molar-refractivity contribution is 5.37. The van der Waals surface area contributed by atoms with E-state index in [2.05, 4.69) is 48.5 Å². The van der Waals surface area contributed by atoms with Gasteiger partial charge in [-0.05, 0) is 30.7 Å². The summed E-state index contributed by atoms with van der Waals surface area (Å²) >= 11 is 0. The van der Waals surface area contributed by atoms with Crippen LogP contribution in [0.1, 0.15) is 6.92 Å². The van der Waals surface area contributed by atoms with Gasteiger partial charge in [0.25, 0.3) is 0 Å². The first kappa shape index (κ1) is 7.17. The molecule has 2 heterocycles. The third kappa shape index (κ3) is 1.26. The fourth-order valence-corrected chi connectivity index (χ4v) is 1.29. The number of nitrogens with zero attached hydrogens (tertiary/aromatic N) is 1. The lowest BCUT2D eigenvalue weighted by molar-refractivity contribution is 0.643. The van der Waals surface area contributed by atoms with Gasteiger partial charge in [0.1, 0.15) is 0 Å². The summed E-state index contributed by atoms with van der Waals surface area (Å²) in [5, 5.41) is 0. The average Bonchev–Trinajstić information content (AvgIpc) is 2.25. The van der Waals surface area contributed by atoms with Crippen molar-refractivity contribution in [3.8, 4) is 0 Å². The van der Waals surface area contributed by atoms with E-state index in [1.165, 1.54) is 11.3 Å². The van der Waals surface area contributed by atoms with E-state index in [0.29, 0.717) is 0 Å². The summed E-state index contributed by atoms with van der Waals surface area (Å²) in [6.45, 7) is 2.10. The molecule has 0 fully saturated rings. The highest BCUT2D eigenvalue weighted by Crippen LogP contribution is 2.17. The third-order valence-corrected chi connectivity index (χ3v) is 1.89. The van der Waals surface area contributed by atoms with Gasteiger partial charge in [-0.2, -0.15) is 0 Å². The van der Waals surface area contributed by atoms with Crippen LogP contribution < -0.4 is 0 Å². The van der Waals surface area contributed by atoms with Gasteiger partial charge < -0.3 is 4.90 Å². The average molecular weight is 157 g/mol. The number of hydrogen-bond acceptors (Lipinski definition) is 1. The molecule has 1 heteroatoms. The van der Waals surface area contributed by atoms with E-state index in [0.717, 1.165) is 0 Å². The lowest BCUT2D eigenvalue weighted by atomic mass is 10.2. The Morgan fingerprint density at radius 3 is 2.92 bits per heavy atom. The van der Waals surface area contributed by atoms with E-state index in [1.807, 2.05) is 12.2 Å². The first-order chi connectivity index (χ1) is 5.86. The molecule has 0 saturated carbocycles. The minimum Gasteiger partial charge on any atom is -0.324 e. The minimum absolute atomic E-state index is 1.21. The van der Waals surface area contributed by atoms with E-state index in [1.54, 1.807) is 0 Å². The molecule has 0 aromatic carbocycles. The summed E-state index contributed by atoms with van der Waals surface area (Å²) in [4.78, 5) is 2.12. The van der Waals surface area contributed by atoms with Crippen molar-refractivity contribution in [1.29, 1.82) is 0 Å². The summed E-state index contributed by atoms with van der Waals surface area (Å²) in [7, 11) is 0. The number of allylic oxidation sites excluding steroid dienone is 7. The first-order valence-corrected chi connectivity index (χ1v) is 4.06. The molecule has 2 aliphatic rings. The Labute approximate surface area is 72.7 Å². The molecular formula is C11H11N. The van der Waals surface area contributed by atoms with E-state index in [9.17, 15) is 0 Å². The van der Waals surface area contributed by atoms with Gasteiger partial charge in [-0.3, -0.25) is 0 Å². The molecule has 0 aromatic rings. The standard InChI is InChI=1S/C11H11N/c1-10-5-4-7-11-6-2-3-8-12(11)9-10/h2-9H,1H3. The van der Waals surface area contributed by atoms with Gasteiger partial charge in [0, 0.05) is 18.1 Å². The van der Waals surface area contributed by atoms with Crippen LogP contribution in [0.3, 0.4) is 0 Å². The zero-order chi connectivity index (χ0) is 8.39. The summed E-state index contributed by atoms with van der Waals surface area (Å²) in [5.41, 5.74) is 2.48. The second-order valence-corrected chi connectivity index (χ2v) is 2.93. The molecule has 0 unspecified atom stereocenters. The molecule has 0 spiro atoms. The molecule has 2 aliphatic heterocycles. The largest absolute Gasteiger partial charge is 0.324 e. The second kappa shape index (κ2) is 2.86. The lowest BCUT2D eigenvalue weighted by Crippen LogP contribution is -2.08. The van der Waals surface area contributed by atoms with Crippen LogP contribution in [-0.4, -0.2) is 4.90 Å². The van der Waals surface area contributed by atoms with Crippen LogP contribution in [-0.2, 0) is 0 Å². The molecular weight excluding hydrogens is 146 g/mol. The van der Waals surface area contributed by atoms with Crippen LogP contribution in [0.25, 0.3) is 0 Å². The van der Waals surface area contributed by atoms with Crippen molar-refractivity contribution in [1.82, 2.24) is 4.90 Å². The molecule has 12 heavy (non-hydrogen) atoms. The Hall–Kier alpha value is -1.50.